The van der Waals surface area contributed by atoms with E-state index in [1.54, 1.807) is 0 Å². The maximum absolute atomic E-state index is 5.94. The Morgan fingerprint density at radius 1 is 1.32 bits per heavy atom. The number of nitrogens with two attached hydrogens (primary N) is 1. The van der Waals surface area contributed by atoms with Gasteiger partial charge in [-0.05, 0) is 38.3 Å². The van der Waals surface area contributed by atoms with E-state index in [9.17, 15) is 0 Å². The fraction of sp³-hybridized carbons (Fsp3) is 0.500. The summed E-state index contributed by atoms with van der Waals surface area (Å²) in [4.78, 5) is 0. The molecule has 1 unspecified atom stereocenters. The third-order valence-corrected chi connectivity index (χ3v) is 3.30. The molecule has 0 aliphatic carbocycles. The molecule has 1 aromatic carbocycles. The van der Waals surface area contributed by atoms with Gasteiger partial charge in [0.05, 0.1) is 0 Å². The minimum absolute atomic E-state index is 0.197. The quantitative estimate of drug-likeness (QED) is 0.777. The van der Waals surface area contributed by atoms with Gasteiger partial charge in [-0.15, -0.1) is 0 Å². The van der Waals surface area contributed by atoms with Gasteiger partial charge in [-0.2, -0.15) is 0 Å². The SMILES string of the molecule is CCOCCCn1cc(CC(C)N)c2ccccc21. The topological polar surface area (TPSA) is 40.2 Å². The molecule has 2 N–H and O–H groups in total. The summed E-state index contributed by atoms with van der Waals surface area (Å²) in [5, 5.41) is 1.33. The summed E-state index contributed by atoms with van der Waals surface area (Å²) >= 11 is 0. The van der Waals surface area contributed by atoms with Crippen LogP contribution in [0.15, 0.2) is 30.5 Å². The minimum atomic E-state index is 0.197. The van der Waals surface area contributed by atoms with E-state index in [0.717, 1.165) is 32.6 Å². The van der Waals surface area contributed by atoms with Gasteiger partial charge in [0.25, 0.3) is 0 Å². The Morgan fingerprint density at radius 2 is 2.11 bits per heavy atom. The largest absolute Gasteiger partial charge is 0.382 e. The molecular formula is C16H24N2O. The van der Waals surface area contributed by atoms with Crippen molar-refractivity contribution in [3.8, 4) is 0 Å². The third kappa shape index (κ3) is 3.58. The van der Waals surface area contributed by atoms with Crippen LogP contribution >= 0.6 is 0 Å². The Bertz CT molecular complexity index is 516. The fourth-order valence-corrected chi connectivity index (χ4v) is 2.50. The van der Waals surface area contributed by atoms with Crippen molar-refractivity contribution in [2.75, 3.05) is 13.2 Å². The zero-order valence-corrected chi connectivity index (χ0v) is 11.9. The maximum atomic E-state index is 5.94. The molecule has 1 aromatic heterocycles. The highest BCUT2D eigenvalue weighted by molar-refractivity contribution is 5.84. The van der Waals surface area contributed by atoms with Crippen LogP contribution in [0.1, 0.15) is 25.8 Å². The summed E-state index contributed by atoms with van der Waals surface area (Å²) in [7, 11) is 0. The Morgan fingerprint density at radius 3 is 2.84 bits per heavy atom. The van der Waals surface area contributed by atoms with Crippen molar-refractivity contribution in [2.24, 2.45) is 5.73 Å². The number of rotatable bonds is 7. The first-order valence-electron chi connectivity index (χ1n) is 7.12. The first kappa shape index (κ1) is 14.1. The van der Waals surface area contributed by atoms with Crippen LogP contribution in [0.5, 0.6) is 0 Å². The summed E-state index contributed by atoms with van der Waals surface area (Å²) < 4.78 is 7.73. The summed E-state index contributed by atoms with van der Waals surface area (Å²) in [6.45, 7) is 6.71. The summed E-state index contributed by atoms with van der Waals surface area (Å²) in [6, 6.07) is 8.75. The Kier molecular flexibility index (Phi) is 5.00. The van der Waals surface area contributed by atoms with Crippen molar-refractivity contribution in [1.29, 1.82) is 0 Å². The molecule has 0 amide bonds. The molecule has 2 aromatic rings. The van der Waals surface area contributed by atoms with Crippen LogP contribution in [0.25, 0.3) is 10.9 Å². The Labute approximate surface area is 115 Å². The number of aromatic nitrogens is 1. The predicted molar refractivity (Wildman–Crippen MR) is 80.4 cm³/mol. The van der Waals surface area contributed by atoms with Crippen molar-refractivity contribution < 1.29 is 4.74 Å². The van der Waals surface area contributed by atoms with Crippen molar-refractivity contribution in [3.05, 3.63) is 36.0 Å². The zero-order valence-electron chi connectivity index (χ0n) is 11.9. The van der Waals surface area contributed by atoms with Crippen molar-refractivity contribution in [1.82, 2.24) is 4.57 Å². The van der Waals surface area contributed by atoms with Crippen molar-refractivity contribution >= 4 is 10.9 Å². The van der Waals surface area contributed by atoms with E-state index in [4.69, 9.17) is 10.5 Å². The molecule has 0 aliphatic rings. The lowest BCUT2D eigenvalue weighted by Crippen LogP contribution is -2.17. The highest BCUT2D eigenvalue weighted by Gasteiger charge is 2.09. The summed E-state index contributed by atoms with van der Waals surface area (Å²) in [5.74, 6) is 0. The molecule has 0 aliphatic heterocycles. The summed E-state index contributed by atoms with van der Waals surface area (Å²) in [6.07, 6.45) is 4.23. The second kappa shape index (κ2) is 6.73. The molecule has 0 bridgehead atoms. The predicted octanol–water partition coefficient (Wildman–Crippen LogP) is 2.96. The molecular weight excluding hydrogens is 236 g/mol. The zero-order chi connectivity index (χ0) is 13.7. The van der Waals surface area contributed by atoms with E-state index in [2.05, 4.69) is 42.0 Å². The minimum Gasteiger partial charge on any atom is -0.382 e. The van der Waals surface area contributed by atoms with Crippen LogP contribution in [0.2, 0.25) is 0 Å². The lowest BCUT2D eigenvalue weighted by atomic mass is 10.1. The van der Waals surface area contributed by atoms with Crippen molar-refractivity contribution in [2.45, 2.75) is 39.3 Å². The number of para-hydroxylation sites is 1. The molecule has 2 rings (SSSR count). The molecule has 0 radical (unpaired) electrons. The van der Waals surface area contributed by atoms with Gasteiger partial charge in [0.15, 0.2) is 0 Å². The van der Waals surface area contributed by atoms with E-state index in [1.165, 1.54) is 16.5 Å². The van der Waals surface area contributed by atoms with Gasteiger partial charge < -0.3 is 15.0 Å². The Hall–Kier alpha value is -1.32. The van der Waals surface area contributed by atoms with Gasteiger partial charge in [-0.1, -0.05) is 18.2 Å². The van der Waals surface area contributed by atoms with Crippen LogP contribution in [0, 0.1) is 0 Å². The van der Waals surface area contributed by atoms with Crippen LogP contribution in [-0.4, -0.2) is 23.8 Å². The number of benzene rings is 1. The van der Waals surface area contributed by atoms with Crippen LogP contribution in [0.4, 0.5) is 0 Å². The van der Waals surface area contributed by atoms with Gasteiger partial charge >= 0.3 is 0 Å². The van der Waals surface area contributed by atoms with Crippen LogP contribution in [-0.2, 0) is 17.7 Å². The normalized spacial score (nSPS) is 13.0. The maximum Gasteiger partial charge on any atom is 0.0483 e. The second-order valence-electron chi connectivity index (χ2n) is 5.10. The number of hydrogen-bond acceptors (Lipinski definition) is 2. The molecule has 104 valence electrons. The molecule has 0 saturated carbocycles. The van der Waals surface area contributed by atoms with Gasteiger partial charge in [0.1, 0.15) is 0 Å². The van der Waals surface area contributed by atoms with Crippen LogP contribution < -0.4 is 5.73 Å². The molecule has 0 fully saturated rings. The molecule has 1 heterocycles. The smallest absolute Gasteiger partial charge is 0.0483 e. The standard InChI is InChI=1S/C16H24N2O/c1-3-19-10-6-9-18-12-14(11-13(2)17)15-7-4-5-8-16(15)18/h4-5,7-8,12-13H,3,6,9-11,17H2,1-2H3. The number of aryl methyl sites for hydroxylation is 1. The van der Waals surface area contributed by atoms with Gasteiger partial charge in [-0.3, -0.25) is 0 Å². The number of nitrogens with zero attached hydrogens (tertiary/aromatic N) is 1. The average molecular weight is 260 g/mol. The molecule has 1 atom stereocenters. The van der Waals surface area contributed by atoms with Gasteiger partial charge in [0, 0.05) is 42.9 Å². The number of hydrogen-bond donors (Lipinski definition) is 1. The highest BCUT2D eigenvalue weighted by Crippen LogP contribution is 2.22. The average Bonchev–Trinajstić information content (AvgIpc) is 2.73. The fourth-order valence-electron chi connectivity index (χ4n) is 2.50. The lowest BCUT2D eigenvalue weighted by Gasteiger charge is -2.05. The monoisotopic (exact) mass is 260 g/mol. The molecule has 0 spiro atoms. The third-order valence-electron chi connectivity index (χ3n) is 3.30. The first-order valence-corrected chi connectivity index (χ1v) is 7.12. The van der Waals surface area contributed by atoms with Crippen molar-refractivity contribution in [3.63, 3.8) is 0 Å². The van der Waals surface area contributed by atoms with Crippen LogP contribution in [0.3, 0.4) is 0 Å². The van der Waals surface area contributed by atoms with E-state index >= 15 is 0 Å². The second-order valence-corrected chi connectivity index (χ2v) is 5.10. The van der Waals surface area contributed by atoms with Gasteiger partial charge in [-0.25, -0.2) is 0 Å². The highest BCUT2D eigenvalue weighted by atomic mass is 16.5. The summed E-state index contributed by atoms with van der Waals surface area (Å²) in [5.41, 5.74) is 8.58. The first-order chi connectivity index (χ1) is 9.22. The van der Waals surface area contributed by atoms with E-state index in [1.807, 2.05) is 6.92 Å². The molecule has 0 saturated heterocycles. The Balaban J connectivity index is 2.18. The van der Waals surface area contributed by atoms with E-state index in [-0.39, 0.29) is 6.04 Å². The number of fused-ring (bicyclic) bond motifs is 1. The molecule has 3 nitrogen and oxygen atoms in total. The molecule has 19 heavy (non-hydrogen) atoms. The van der Waals surface area contributed by atoms with Gasteiger partial charge in [0.2, 0.25) is 0 Å². The van der Waals surface area contributed by atoms with E-state index in [0.29, 0.717) is 0 Å². The lowest BCUT2D eigenvalue weighted by molar-refractivity contribution is 0.142. The molecule has 3 heteroatoms. The van der Waals surface area contributed by atoms with E-state index < -0.39 is 0 Å². The number of ether oxygens (including phenoxy) is 1.